The number of carbonyl (C=O) groups excluding carboxylic acids is 1. The van der Waals surface area contributed by atoms with E-state index in [1.165, 1.54) is 25.6 Å². The summed E-state index contributed by atoms with van der Waals surface area (Å²) in [6.07, 6.45) is 8.33. The van der Waals surface area contributed by atoms with Crippen molar-refractivity contribution in [3.05, 3.63) is 23.2 Å². The van der Waals surface area contributed by atoms with Crippen molar-refractivity contribution >= 4 is 18.0 Å². The number of fused-ring (bicyclic) bond motifs is 1. The molecule has 1 saturated heterocycles. The van der Waals surface area contributed by atoms with Gasteiger partial charge in [-0.25, -0.2) is 9.97 Å². The van der Waals surface area contributed by atoms with E-state index in [-0.39, 0.29) is 6.04 Å². The van der Waals surface area contributed by atoms with Crippen LogP contribution >= 0.6 is 11.6 Å². The Labute approximate surface area is 111 Å². The Hall–Kier alpha value is -1.16. The second kappa shape index (κ2) is 4.84. The molecular weight excluding hydrogens is 250 g/mol. The lowest BCUT2D eigenvalue weighted by Gasteiger charge is -2.30. The molecule has 3 unspecified atom stereocenters. The van der Waals surface area contributed by atoms with Crippen LogP contribution in [0.4, 0.5) is 0 Å². The summed E-state index contributed by atoms with van der Waals surface area (Å²) in [4.78, 5) is 21.5. The maximum atomic E-state index is 11.4. The minimum absolute atomic E-state index is 0.0797. The number of hydrogen-bond donors (Lipinski definition) is 0. The molecule has 4 nitrogen and oxygen atoms in total. The molecule has 1 aromatic heterocycles. The van der Waals surface area contributed by atoms with E-state index in [9.17, 15) is 4.79 Å². The zero-order chi connectivity index (χ0) is 12.5. The second-order valence-corrected chi connectivity index (χ2v) is 5.57. The molecule has 5 heteroatoms. The predicted molar refractivity (Wildman–Crippen MR) is 68.0 cm³/mol. The first-order valence-corrected chi connectivity index (χ1v) is 6.87. The van der Waals surface area contributed by atoms with Crippen molar-refractivity contribution in [3.63, 3.8) is 0 Å². The van der Waals surface area contributed by atoms with Gasteiger partial charge >= 0.3 is 0 Å². The molecule has 1 amide bonds. The fraction of sp³-hybridized carbons (Fsp3) is 0.615. The van der Waals surface area contributed by atoms with Gasteiger partial charge < -0.3 is 4.90 Å². The highest BCUT2D eigenvalue weighted by atomic mass is 35.5. The summed E-state index contributed by atoms with van der Waals surface area (Å²) in [5.41, 5.74) is 0.872. The van der Waals surface area contributed by atoms with Crippen molar-refractivity contribution < 1.29 is 4.79 Å². The first-order valence-electron chi connectivity index (χ1n) is 6.50. The number of aromatic nitrogens is 2. The van der Waals surface area contributed by atoms with Crippen LogP contribution in [0.1, 0.15) is 43.8 Å². The molecule has 1 aromatic rings. The summed E-state index contributed by atoms with van der Waals surface area (Å²) in [5, 5.41) is 0.445. The Morgan fingerprint density at radius 2 is 2.17 bits per heavy atom. The van der Waals surface area contributed by atoms with Crippen LogP contribution in [0.5, 0.6) is 0 Å². The molecular formula is C13H16ClN3O. The molecule has 0 N–H and O–H groups in total. The maximum Gasteiger partial charge on any atom is 0.210 e. The smallest absolute Gasteiger partial charge is 0.210 e. The number of halogens is 1. The van der Waals surface area contributed by atoms with Crippen molar-refractivity contribution in [1.29, 1.82) is 0 Å². The van der Waals surface area contributed by atoms with E-state index < -0.39 is 0 Å². The summed E-state index contributed by atoms with van der Waals surface area (Å²) < 4.78 is 0. The Balaban J connectivity index is 1.89. The molecule has 96 valence electrons. The van der Waals surface area contributed by atoms with Crippen molar-refractivity contribution in [2.24, 2.45) is 5.92 Å². The Kier molecular flexibility index (Phi) is 3.20. The maximum absolute atomic E-state index is 11.4. The predicted octanol–water partition coefficient (Wildman–Crippen LogP) is 2.59. The topological polar surface area (TPSA) is 46.1 Å². The number of nitrogens with zero attached hydrogens (tertiary/aromatic N) is 3. The van der Waals surface area contributed by atoms with Gasteiger partial charge in [0, 0.05) is 6.04 Å². The normalized spacial score (nSPS) is 31.2. The Bertz CT molecular complexity index is 454. The van der Waals surface area contributed by atoms with Crippen LogP contribution in [-0.2, 0) is 4.79 Å². The van der Waals surface area contributed by atoms with E-state index in [2.05, 4.69) is 9.97 Å². The number of carbonyl (C=O) groups is 1. The Morgan fingerprint density at radius 3 is 2.94 bits per heavy atom. The first-order chi connectivity index (χ1) is 8.79. The van der Waals surface area contributed by atoms with Crippen LogP contribution in [0.3, 0.4) is 0 Å². The average molecular weight is 266 g/mol. The van der Waals surface area contributed by atoms with Gasteiger partial charge in [-0.2, -0.15) is 0 Å². The van der Waals surface area contributed by atoms with Gasteiger partial charge in [0.05, 0.1) is 11.7 Å². The molecule has 3 rings (SSSR count). The molecule has 2 heterocycles. The molecule has 0 bridgehead atoms. The summed E-state index contributed by atoms with van der Waals surface area (Å²) in [7, 11) is 0. The van der Waals surface area contributed by atoms with E-state index in [1.807, 2.05) is 4.90 Å². The van der Waals surface area contributed by atoms with Crippen molar-refractivity contribution in [2.45, 2.75) is 44.2 Å². The SMILES string of the molecule is O=CN1C(c2cc(Cl)ncn2)CC2CCCCC21. The van der Waals surface area contributed by atoms with Gasteiger partial charge in [0.1, 0.15) is 11.5 Å². The van der Waals surface area contributed by atoms with E-state index >= 15 is 0 Å². The van der Waals surface area contributed by atoms with Gasteiger partial charge in [0.2, 0.25) is 6.41 Å². The summed E-state index contributed by atoms with van der Waals surface area (Å²) >= 11 is 5.91. The third-order valence-corrected chi connectivity index (χ3v) is 4.46. The number of hydrogen-bond acceptors (Lipinski definition) is 3. The number of rotatable bonds is 2. The molecule has 1 saturated carbocycles. The van der Waals surface area contributed by atoms with Gasteiger partial charge in [0.15, 0.2) is 0 Å². The van der Waals surface area contributed by atoms with Gasteiger partial charge in [-0.3, -0.25) is 4.79 Å². The fourth-order valence-corrected chi connectivity index (χ4v) is 3.61. The monoisotopic (exact) mass is 265 g/mol. The largest absolute Gasteiger partial charge is 0.333 e. The Morgan fingerprint density at radius 1 is 1.33 bits per heavy atom. The third kappa shape index (κ3) is 1.99. The number of likely N-dealkylation sites (tertiary alicyclic amines) is 1. The molecule has 2 fully saturated rings. The van der Waals surface area contributed by atoms with Crippen LogP contribution in [0.25, 0.3) is 0 Å². The molecule has 1 aliphatic carbocycles. The molecule has 0 spiro atoms. The summed E-state index contributed by atoms with van der Waals surface area (Å²) in [6, 6.07) is 2.26. The fourth-order valence-electron chi connectivity index (χ4n) is 3.45. The van der Waals surface area contributed by atoms with Gasteiger partial charge in [-0.1, -0.05) is 24.4 Å². The van der Waals surface area contributed by atoms with Gasteiger partial charge in [0.25, 0.3) is 0 Å². The number of amides is 1. The standard InChI is InChI=1S/C13H16ClN3O/c14-13-6-10(15-7-16-13)12-5-9-3-1-2-4-11(9)17(12)8-18/h6-9,11-12H,1-5H2. The summed E-state index contributed by atoms with van der Waals surface area (Å²) in [5.74, 6) is 0.627. The minimum Gasteiger partial charge on any atom is -0.333 e. The van der Waals surface area contributed by atoms with Crippen LogP contribution in [0, 0.1) is 5.92 Å². The lowest BCUT2D eigenvalue weighted by atomic mass is 9.84. The van der Waals surface area contributed by atoms with Crippen LogP contribution in [0.2, 0.25) is 5.15 Å². The van der Waals surface area contributed by atoms with Crippen LogP contribution in [0.15, 0.2) is 12.4 Å². The van der Waals surface area contributed by atoms with Crippen molar-refractivity contribution in [2.75, 3.05) is 0 Å². The molecule has 1 aliphatic heterocycles. The van der Waals surface area contributed by atoms with E-state index in [4.69, 9.17) is 11.6 Å². The minimum atomic E-state index is 0.0797. The first kappa shape index (κ1) is 11.9. The molecule has 0 aromatic carbocycles. The molecule has 18 heavy (non-hydrogen) atoms. The zero-order valence-corrected chi connectivity index (χ0v) is 10.9. The quantitative estimate of drug-likeness (QED) is 0.610. The molecule has 3 atom stereocenters. The molecule has 0 radical (unpaired) electrons. The summed E-state index contributed by atoms with van der Waals surface area (Å²) in [6.45, 7) is 0. The van der Waals surface area contributed by atoms with E-state index in [0.717, 1.165) is 24.9 Å². The van der Waals surface area contributed by atoms with Crippen LogP contribution < -0.4 is 0 Å². The molecule has 2 aliphatic rings. The van der Waals surface area contributed by atoms with Crippen molar-refractivity contribution in [1.82, 2.24) is 14.9 Å². The van der Waals surface area contributed by atoms with Gasteiger partial charge in [-0.05, 0) is 31.2 Å². The lowest BCUT2D eigenvalue weighted by molar-refractivity contribution is -0.121. The highest BCUT2D eigenvalue weighted by molar-refractivity contribution is 6.29. The third-order valence-electron chi connectivity index (χ3n) is 4.26. The second-order valence-electron chi connectivity index (χ2n) is 5.18. The zero-order valence-electron chi connectivity index (χ0n) is 10.1. The van der Waals surface area contributed by atoms with Crippen molar-refractivity contribution in [3.8, 4) is 0 Å². The highest BCUT2D eigenvalue weighted by Crippen LogP contribution is 2.44. The lowest BCUT2D eigenvalue weighted by Crippen LogP contribution is -2.35. The average Bonchev–Trinajstić information content (AvgIpc) is 2.77. The van der Waals surface area contributed by atoms with Gasteiger partial charge in [-0.15, -0.1) is 0 Å². The van der Waals surface area contributed by atoms with Crippen LogP contribution in [-0.4, -0.2) is 27.3 Å². The highest BCUT2D eigenvalue weighted by Gasteiger charge is 2.42. The van der Waals surface area contributed by atoms with E-state index in [1.54, 1.807) is 6.07 Å². The van der Waals surface area contributed by atoms with E-state index in [0.29, 0.717) is 17.1 Å².